The third-order valence-electron chi connectivity index (χ3n) is 3.95. The Kier molecular flexibility index (Phi) is 6.64. The van der Waals surface area contributed by atoms with Gasteiger partial charge in [-0.1, -0.05) is 60.7 Å². The molecule has 0 spiro atoms. The highest BCUT2D eigenvalue weighted by molar-refractivity contribution is 9.10. The number of rotatable bonds is 6. The highest BCUT2D eigenvalue weighted by Gasteiger charge is 2.27. The lowest BCUT2D eigenvalue weighted by atomic mass is 10.0. The number of oxazole rings is 1. The Morgan fingerprint density at radius 1 is 1.07 bits per heavy atom. The molecule has 0 aliphatic rings. The maximum absolute atomic E-state index is 13.0. The van der Waals surface area contributed by atoms with Crippen molar-refractivity contribution >= 4 is 27.6 Å². The molecule has 2 aromatic carbocycles. The van der Waals surface area contributed by atoms with Gasteiger partial charge in [0.25, 0.3) is 0 Å². The SMILES string of the molecule is CC(C)(C)OC(=O)[C@H](Cc1ncc(Br)o1)N=C(c1ccccc1)c1ccccc1. The van der Waals surface area contributed by atoms with Gasteiger partial charge in [0.1, 0.15) is 5.60 Å². The predicted molar refractivity (Wildman–Crippen MR) is 116 cm³/mol. The first-order chi connectivity index (χ1) is 13.8. The number of hydrogen-bond donors (Lipinski definition) is 0. The average Bonchev–Trinajstić information content (AvgIpc) is 3.10. The fourth-order valence-corrected chi connectivity index (χ4v) is 3.05. The largest absolute Gasteiger partial charge is 0.458 e. The molecule has 0 N–H and O–H groups in total. The monoisotopic (exact) mass is 454 g/mol. The number of esters is 1. The van der Waals surface area contributed by atoms with E-state index in [0.29, 0.717) is 16.3 Å². The van der Waals surface area contributed by atoms with Gasteiger partial charge in [-0.3, -0.25) is 4.99 Å². The maximum Gasteiger partial charge on any atom is 0.331 e. The number of halogens is 1. The average molecular weight is 455 g/mol. The van der Waals surface area contributed by atoms with Crippen molar-refractivity contribution in [2.45, 2.75) is 38.8 Å². The number of hydrogen-bond acceptors (Lipinski definition) is 5. The molecule has 0 saturated carbocycles. The molecule has 3 aromatic rings. The van der Waals surface area contributed by atoms with Crippen LogP contribution in [0.25, 0.3) is 0 Å². The first-order valence-corrected chi connectivity index (χ1v) is 10.1. The molecule has 29 heavy (non-hydrogen) atoms. The molecule has 1 heterocycles. The molecule has 1 atom stereocenters. The Morgan fingerprint density at radius 2 is 1.62 bits per heavy atom. The predicted octanol–water partition coefficient (Wildman–Crippen LogP) is 5.23. The molecule has 0 aliphatic heterocycles. The maximum atomic E-state index is 13.0. The van der Waals surface area contributed by atoms with E-state index in [4.69, 9.17) is 14.1 Å². The number of nitrogens with zero attached hydrogens (tertiary/aromatic N) is 2. The molecule has 0 bridgehead atoms. The van der Waals surface area contributed by atoms with Crippen LogP contribution >= 0.6 is 15.9 Å². The Morgan fingerprint density at radius 3 is 2.07 bits per heavy atom. The van der Waals surface area contributed by atoms with Crippen LogP contribution in [0.3, 0.4) is 0 Å². The fraction of sp³-hybridized carbons (Fsp3) is 0.261. The molecule has 0 unspecified atom stereocenters. The Hall–Kier alpha value is -2.73. The summed E-state index contributed by atoms with van der Waals surface area (Å²) >= 11 is 3.25. The summed E-state index contributed by atoms with van der Waals surface area (Å²) in [5, 5.41) is 0. The van der Waals surface area contributed by atoms with Crippen molar-refractivity contribution in [2.24, 2.45) is 4.99 Å². The molecule has 0 fully saturated rings. The molecule has 0 radical (unpaired) electrons. The normalized spacial score (nSPS) is 12.3. The Bertz CT molecular complexity index is 935. The van der Waals surface area contributed by atoms with Gasteiger partial charge < -0.3 is 9.15 Å². The van der Waals surface area contributed by atoms with Gasteiger partial charge in [-0.25, -0.2) is 9.78 Å². The topological polar surface area (TPSA) is 64.7 Å². The van der Waals surface area contributed by atoms with E-state index in [9.17, 15) is 4.79 Å². The Balaban J connectivity index is 2.04. The summed E-state index contributed by atoms with van der Waals surface area (Å²) in [5.74, 6) is -0.00635. The van der Waals surface area contributed by atoms with Crippen LogP contribution in [0.2, 0.25) is 0 Å². The first kappa shape index (κ1) is 21.0. The van der Waals surface area contributed by atoms with E-state index in [0.717, 1.165) is 11.1 Å². The van der Waals surface area contributed by atoms with Gasteiger partial charge in [0.2, 0.25) is 0 Å². The zero-order chi connectivity index (χ0) is 20.9. The van der Waals surface area contributed by atoms with Crippen LogP contribution < -0.4 is 0 Å². The molecule has 150 valence electrons. The second kappa shape index (κ2) is 9.18. The molecule has 0 amide bonds. The summed E-state index contributed by atoms with van der Waals surface area (Å²) in [4.78, 5) is 22.0. The second-order valence-electron chi connectivity index (χ2n) is 7.52. The van der Waals surface area contributed by atoms with Crippen LogP contribution in [-0.4, -0.2) is 28.3 Å². The first-order valence-electron chi connectivity index (χ1n) is 9.33. The molecule has 0 saturated heterocycles. The smallest absolute Gasteiger partial charge is 0.331 e. The van der Waals surface area contributed by atoms with E-state index in [1.165, 1.54) is 0 Å². The van der Waals surface area contributed by atoms with Gasteiger partial charge in [-0.05, 0) is 36.7 Å². The van der Waals surface area contributed by atoms with E-state index in [1.54, 1.807) is 6.20 Å². The molecular formula is C23H23BrN2O3. The highest BCUT2D eigenvalue weighted by atomic mass is 79.9. The Labute approximate surface area is 179 Å². The van der Waals surface area contributed by atoms with E-state index >= 15 is 0 Å². The van der Waals surface area contributed by atoms with E-state index in [-0.39, 0.29) is 6.42 Å². The van der Waals surface area contributed by atoms with Crippen molar-refractivity contribution in [1.29, 1.82) is 0 Å². The fourth-order valence-electron chi connectivity index (χ4n) is 2.76. The van der Waals surface area contributed by atoms with Gasteiger partial charge in [-0.15, -0.1) is 0 Å². The molecule has 3 rings (SSSR count). The van der Waals surface area contributed by atoms with Crippen molar-refractivity contribution in [3.05, 3.63) is 88.5 Å². The van der Waals surface area contributed by atoms with Crippen molar-refractivity contribution < 1.29 is 13.9 Å². The number of carbonyl (C=O) groups is 1. The van der Waals surface area contributed by atoms with Crippen molar-refractivity contribution in [2.75, 3.05) is 0 Å². The van der Waals surface area contributed by atoms with Gasteiger partial charge in [0, 0.05) is 11.1 Å². The third-order valence-corrected chi connectivity index (χ3v) is 4.32. The van der Waals surface area contributed by atoms with Crippen LogP contribution in [-0.2, 0) is 16.0 Å². The number of carbonyl (C=O) groups excluding carboxylic acids is 1. The zero-order valence-corrected chi connectivity index (χ0v) is 18.2. The lowest BCUT2D eigenvalue weighted by Gasteiger charge is -2.22. The van der Waals surface area contributed by atoms with Gasteiger partial charge in [-0.2, -0.15) is 0 Å². The molecule has 0 aliphatic carbocycles. The van der Waals surface area contributed by atoms with Gasteiger partial charge in [0.15, 0.2) is 16.6 Å². The highest BCUT2D eigenvalue weighted by Crippen LogP contribution is 2.19. The van der Waals surface area contributed by atoms with Crippen LogP contribution in [0.4, 0.5) is 0 Å². The summed E-state index contributed by atoms with van der Waals surface area (Å²) in [6.45, 7) is 5.51. The molecule has 5 nitrogen and oxygen atoms in total. The van der Waals surface area contributed by atoms with E-state index < -0.39 is 17.6 Å². The zero-order valence-electron chi connectivity index (χ0n) is 16.6. The van der Waals surface area contributed by atoms with Crippen molar-refractivity contribution in [1.82, 2.24) is 4.98 Å². The minimum atomic E-state index is -0.796. The number of aliphatic imine (C=N–C) groups is 1. The van der Waals surface area contributed by atoms with Crippen LogP contribution in [0.15, 0.2) is 80.9 Å². The molecular weight excluding hydrogens is 432 g/mol. The second-order valence-corrected chi connectivity index (χ2v) is 8.30. The van der Waals surface area contributed by atoms with Crippen molar-refractivity contribution in [3.8, 4) is 0 Å². The summed E-state index contributed by atoms with van der Waals surface area (Å²) in [6, 6.07) is 18.8. The number of ether oxygens (including phenoxy) is 1. The van der Waals surface area contributed by atoms with Crippen LogP contribution in [0.5, 0.6) is 0 Å². The lowest BCUT2D eigenvalue weighted by Crippen LogP contribution is -2.33. The third kappa shape index (κ3) is 6.12. The van der Waals surface area contributed by atoms with Crippen LogP contribution in [0, 0.1) is 0 Å². The van der Waals surface area contributed by atoms with E-state index in [1.807, 2.05) is 81.4 Å². The standard InChI is InChI=1S/C23H23BrN2O3/c1-23(2,3)29-22(27)18(14-20-25-15-19(24)28-20)26-21(16-10-6-4-7-11-16)17-12-8-5-9-13-17/h4-13,15,18H,14H2,1-3H3/t18-/m0/s1. The van der Waals surface area contributed by atoms with Crippen molar-refractivity contribution in [3.63, 3.8) is 0 Å². The summed E-state index contributed by atoms with van der Waals surface area (Å²) in [5.41, 5.74) is 1.93. The summed E-state index contributed by atoms with van der Waals surface area (Å²) < 4.78 is 11.6. The minimum absolute atomic E-state index is 0.198. The minimum Gasteiger partial charge on any atom is -0.458 e. The van der Waals surface area contributed by atoms with E-state index in [2.05, 4.69) is 20.9 Å². The molecule has 6 heteroatoms. The summed E-state index contributed by atoms with van der Waals surface area (Å²) in [7, 11) is 0. The van der Waals surface area contributed by atoms with Crippen LogP contribution in [0.1, 0.15) is 37.8 Å². The lowest BCUT2D eigenvalue weighted by molar-refractivity contribution is -0.156. The summed E-state index contributed by atoms with van der Waals surface area (Å²) in [6.07, 6.45) is 1.75. The van der Waals surface area contributed by atoms with Gasteiger partial charge in [0.05, 0.1) is 18.3 Å². The quantitative estimate of drug-likeness (QED) is 0.377. The number of benzene rings is 2. The molecule has 1 aromatic heterocycles. The number of aromatic nitrogens is 1. The van der Waals surface area contributed by atoms with Gasteiger partial charge >= 0.3 is 5.97 Å².